The average molecular weight is 472 g/mol. The van der Waals surface area contributed by atoms with Crippen molar-refractivity contribution >= 4 is 23.6 Å². The van der Waals surface area contributed by atoms with Gasteiger partial charge in [0.2, 0.25) is 5.88 Å². The molecule has 0 radical (unpaired) electrons. The zero-order valence-corrected chi connectivity index (χ0v) is 18.4. The van der Waals surface area contributed by atoms with Gasteiger partial charge in [0.05, 0.1) is 29.8 Å². The summed E-state index contributed by atoms with van der Waals surface area (Å²) in [6.07, 6.45) is 1.85. The molecule has 1 aromatic heterocycles. The number of amides is 2. The van der Waals surface area contributed by atoms with E-state index in [1.54, 1.807) is 24.3 Å². The maximum absolute atomic E-state index is 12.5. The molecule has 0 spiro atoms. The first-order valence-corrected chi connectivity index (χ1v) is 10.9. The number of aromatic nitrogens is 2. The van der Waals surface area contributed by atoms with Crippen molar-refractivity contribution < 1.29 is 24.2 Å². The van der Waals surface area contributed by atoms with Gasteiger partial charge in [0.25, 0.3) is 5.91 Å². The van der Waals surface area contributed by atoms with Crippen molar-refractivity contribution in [3.63, 3.8) is 0 Å². The Labute approximate surface area is 195 Å². The van der Waals surface area contributed by atoms with Gasteiger partial charge in [-0.15, -0.1) is 10.2 Å². The first-order chi connectivity index (χ1) is 15.9. The highest BCUT2D eigenvalue weighted by atomic mass is 35.5. The van der Waals surface area contributed by atoms with E-state index in [1.165, 1.54) is 11.0 Å². The Balaban J connectivity index is 1.21. The monoisotopic (exact) mass is 471 g/mol. The lowest BCUT2D eigenvalue weighted by atomic mass is 9.93. The Morgan fingerprint density at radius 3 is 2.45 bits per heavy atom. The number of likely N-dealkylation sites (tertiary alicyclic amines) is 1. The fraction of sp³-hybridized carbons (Fsp3) is 0.409. The van der Waals surface area contributed by atoms with Crippen molar-refractivity contribution in [2.75, 3.05) is 13.1 Å². The van der Waals surface area contributed by atoms with E-state index in [-0.39, 0.29) is 48.8 Å². The van der Waals surface area contributed by atoms with E-state index in [2.05, 4.69) is 15.5 Å². The normalized spacial score (nSPS) is 20.3. The molecule has 0 atom stereocenters. The van der Waals surface area contributed by atoms with Gasteiger partial charge in [0.15, 0.2) is 5.69 Å². The van der Waals surface area contributed by atoms with Crippen LogP contribution < -0.4 is 14.8 Å². The molecule has 2 N–H and O–H groups in total. The van der Waals surface area contributed by atoms with Crippen LogP contribution in [-0.2, 0) is 0 Å². The predicted octanol–water partition coefficient (Wildman–Crippen LogP) is 2.86. The number of ether oxygens (including phenoxy) is 2. The zero-order chi connectivity index (χ0) is 23.4. The molecule has 1 aliphatic heterocycles. The largest absolute Gasteiger partial charge is 0.490 e. The lowest BCUT2D eigenvalue weighted by Crippen LogP contribution is -2.55. The number of nitrogens with zero attached hydrogens (tertiary/aromatic N) is 4. The molecule has 11 heteroatoms. The molecule has 1 saturated heterocycles. The van der Waals surface area contributed by atoms with Crippen LogP contribution in [0.25, 0.3) is 0 Å². The van der Waals surface area contributed by atoms with E-state index in [0.717, 1.165) is 25.7 Å². The molecule has 2 amide bonds. The van der Waals surface area contributed by atoms with E-state index >= 15 is 0 Å². The van der Waals surface area contributed by atoms with Crippen molar-refractivity contribution in [1.29, 1.82) is 5.26 Å². The Morgan fingerprint density at radius 2 is 1.85 bits per heavy atom. The summed E-state index contributed by atoms with van der Waals surface area (Å²) < 4.78 is 11.5. The predicted molar refractivity (Wildman–Crippen MR) is 116 cm³/mol. The number of nitrogens with one attached hydrogen (secondary N) is 1. The topological polar surface area (TPSA) is 138 Å². The number of carbonyl (C=O) groups is 2. The molecule has 1 aliphatic carbocycles. The number of carbonyl (C=O) groups excluding carboxylic acids is 1. The van der Waals surface area contributed by atoms with Gasteiger partial charge in [-0.2, -0.15) is 5.26 Å². The molecule has 33 heavy (non-hydrogen) atoms. The standard InChI is InChI=1S/C22H22ClN5O5/c23-18-9-16(4-1-13(18)10-24)32-15-5-2-14(3-6-15)25-21(29)19-7-8-20(27-26-19)33-17-11-28(12-17)22(30)31/h1,4,7-9,14-15,17H,2-3,5-6,11-12H2,(H,25,29)(H,30,31)/t14-,15-. The van der Waals surface area contributed by atoms with Gasteiger partial charge in [0, 0.05) is 18.2 Å². The molecule has 2 aromatic rings. The third kappa shape index (κ3) is 5.62. The molecule has 0 bridgehead atoms. The highest BCUT2D eigenvalue weighted by molar-refractivity contribution is 6.31. The summed E-state index contributed by atoms with van der Waals surface area (Å²) in [7, 11) is 0. The van der Waals surface area contributed by atoms with Crippen LogP contribution in [0.15, 0.2) is 30.3 Å². The molecular formula is C22H22ClN5O5. The van der Waals surface area contributed by atoms with Crippen LogP contribution in [0.4, 0.5) is 4.79 Å². The fourth-order valence-electron chi connectivity index (χ4n) is 3.78. The highest BCUT2D eigenvalue weighted by Crippen LogP contribution is 2.27. The first-order valence-electron chi connectivity index (χ1n) is 10.6. The quantitative estimate of drug-likeness (QED) is 0.655. The van der Waals surface area contributed by atoms with Crippen LogP contribution in [0.3, 0.4) is 0 Å². The number of hydrogen-bond donors (Lipinski definition) is 2. The van der Waals surface area contributed by atoms with E-state index in [9.17, 15) is 9.59 Å². The Kier molecular flexibility index (Phi) is 6.79. The summed E-state index contributed by atoms with van der Waals surface area (Å²) in [5, 5.41) is 29.0. The summed E-state index contributed by atoms with van der Waals surface area (Å²) in [6, 6.07) is 10.1. The Morgan fingerprint density at radius 1 is 1.09 bits per heavy atom. The van der Waals surface area contributed by atoms with Crippen LogP contribution in [-0.4, -0.2) is 63.5 Å². The van der Waals surface area contributed by atoms with Gasteiger partial charge in [-0.05, 0) is 43.9 Å². The van der Waals surface area contributed by atoms with Crippen LogP contribution in [0.1, 0.15) is 41.7 Å². The summed E-state index contributed by atoms with van der Waals surface area (Å²) in [6.45, 7) is 0.563. The second-order valence-corrected chi connectivity index (χ2v) is 8.41. The lowest BCUT2D eigenvalue weighted by molar-refractivity contribution is 0.0222. The summed E-state index contributed by atoms with van der Waals surface area (Å²) in [5.41, 5.74) is 0.597. The Hall–Kier alpha value is -3.58. The third-order valence-corrected chi connectivity index (χ3v) is 5.96. The molecule has 2 aliphatic rings. The van der Waals surface area contributed by atoms with Crippen LogP contribution in [0.5, 0.6) is 11.6 Å². The summed E-state index contributed by atoms with van der Waals surface area (Å²) in [5.74, 6) is 0.571. The minimum absolute atomic E-state index is 0.0107. The molecule has 1 saturated carbocycles. The molecule has 1 aromatic carbocycles. The summed E-state index contributed by atoms with van der Waals surface area (Å²) >= 11 is 6.06. The molecule has 4 rings (SSSR count). The first kappa shape index (κ1) is 22.6. The van der Waals surface area contributed by atoms with Gasteiger partial charge < -0.3 is 24.8 Å². The maximum Gasteiger partial charge on any atom is 0.407 e. The van der Waals surface area contributed by atoms with Crippen molar-refractivity contribution in [3.8, 4) is 17.7 Å². The van der Waals surface area contributed by atoms with E-state index < -0.39 is 6.09 Å². The number of hydrogen-bond acceptors (Lipinski definition) is 7. The van der Waals surface area contributed by atoms with E-state index in [0.29, 0.717) is 16.3 Å². The smallest absolute Gasteiger partial charge is 0.407 e. The minimum atomic E-state index is -0.979. The van der Waals surface area contributed by atoms with Crippen LogP contribution in [0.2, 0.25) is 5.02 Å². The average Bonchev–Trinajstić information content (AvgIpc) is 2.77. The van der Waals surface area contributed by atoms with Crippen molar-refractivity contribution in [1.82, 2.24) is 20.4 Å². The van der Waals surface area contributed by atoms with Gasteiger partial charge in [-0.1, -0.05) is 11.6 Å². The second kappa shape index (κ2) is 9.92. The Bertz CT molecular complexity index is 1060. The number of carboxylic acid groups (broad SMARTS) is 1. The zero-order valence-electron chi connectivity index (χ0n) is 17.6. The fourth-order valence-corrected chi connectivity index (χ4v) is 3.99. The van der Waals surface area contributed by atoms with E-state index in [4.69, 9.17) is 31.4 Å². The lowest BCUT2D eigenvalue weighted by Gasteiger charge is -2.36. The van der Waals surface area contributed by atoms with Gasteiger partial charge in [-0.25, -0.2) is 4.79 Å². The SMILES string of the molecule is N#Cc1ccc(O[C@H]2CC[C@H](NC(=O)c3ccc(OC4CN(C(=O)O)C4)nn3)CC2)cc1Cl. The molecule has 2 heterocycles. The molecule has 0 unspecified atom stereocenters. The minimum Gasteiger partial charge on any atom is -0.490 e. The number of rotatable bonds is 6. The highest BCUT2D eigenvalue weighted by Gasteiger charge is 2.32. The summed E-state index contributed by atoms with van der Waals surface area (Å²) in [4.78, 5) is 24.5. The van der Waals surface area contributed by atoms with Gasteiger partial charge >= 0.3 is 6.09 Å². The van der Waals surface area contributed by atoms with Crippen LogP contribution in [0, 0.1) is 11.3 Å². The third-order valence-electron chi connectivity index (χ3n) is 5.65. The number of halogens is 1. The van der Waals surface area contributed by atoms with Gasteiger partial charge in [-0.3, -0.25) is 4.79 Å². The van der Waals surface area contributed by atoms with Crippen molar-refractivity contribution in [2.24, 2.45) is 0 Å². The molecule has 10 nitrogen and oxygen atoms in total. The van der Waals surface area contributed by atoms with Crippen molar-refractivity contribution in [2.45, 2.75) is 43.9 Å². The molecular weight excluding hydrogens is 450 g/mol. The molecule has 172 valence electrons. The van der Waals surface area contributed by atoms with Crippen LogP contribution >= 0.6 is 11.6 Å². The van der Waals surface area contributed by atoms with Crippen molar-refractivity contribution in [3.05, 3.63) is 46.6 Å². The second-order valence-electron chi connectivity index (χ2n) is 8.00. The number of benzene rings is 1. The molecule has 2 fully saturated rings. The van der Waals surface area contributed by atoms with E-state index in [1.807, 2.05) is 6.07 Å². The maximum atomic E-state index is 12.5. The van der Waals surface area contributed by atoms with Gasteiger partial charge in [0.1, 0.15) is 17.9 Å². The number of nitriles is 1.